The largest absolute Gasteiger partial charge is 0.458 e. The SMILES string of the molecule is CCC1(C2OC(C3OC4(COC(=O)CO4)C(C)CC3C)CC2C)CCC(C2(C)CCC3(C=CC(C)C(C(C)C(OC)C(C)C(=O)F)O3)O2)O1. The molecule has 0 saturated carbocycles. The van der Waals surface area contributed by atoms with Crippen LogP contribution >= 0.6 is 0 Å². The molecule has 0 bridgehead atoms. The second-order valence-corrected chi connectivity index (χ2v) is 16.5. The molecule has 0 aromatic heterocycles. The Morgan fingerprint density at radius 1 is 1.06 bits per heavy atom. The van der Waals surface area contributed by atoms with Crippen LogP contribution in [0.1, 0.15) is 100 Å². The van der Waals surface area contributed by atoms with Gasteiger partial charge in [-0.3, -0.25) is 4.79 Å². The predicted molar refractivity (Wildman–Crippen MR) is 177 cm³/mol. The van der Waals surface area contributed by atoms with Crippen LogP contribution in [0.5, 0.6) is 0 Å². The van der Waals surface area contributed by atoms with Crippen molar-refractivity contribution in [2.75, 3.05) is 20.3 Å². The Morgan fingerprint density at radius 3 is 2.47 bits per heavy atom. The van der Waals surface area contributed by atoms with E-state index in [4.69, 9.17) is 37.9 Å². The summed E-state index contributed by atoms with van der Waals surface area (Å²) < 4.78 is 65.3. The highest BCUT2D eigenvalue weighted by molar-refractivity contribution is 5.71. The van der Waals surface area contributed by atoms with Crippen LogP contribution in [0, 0.1) is 35.5 Å². The van der Waals surface area contributed by atoms with Gasteiger partial charge in [0.25, 0.3) is 0 Å². The van der Waals surface area contributed by atoms with Crippen molar-refractivity contribution in [2.24, 2.45) is 35.5 Å². The van der Waals surface area contributed by atoms with Crippen molar-refractivity contribution in [3.8, 4) is 0 Å². The summed E-state index contributed by atoms with van der Waals surface area (Å²) in [6.45, 7) is 16.5. The molecule has 16 unspecified atom stereocenters. The molecular weight excluding hydrogens is 635 g/mol. The van der Waals surface area contributed by atoms with Gasteiger partial charge in [-0.15, -0.1) is 0 Å². The Hall–Kier alpha value is -1.47. The molecule has 0 N–H and O–H groups in total. The van der Waals surface area contributed by atoms with E-state index in [0.29, 0.717) is 6.42 Å². The monoisotopic (exact) mass is 694 g/mol. The highest BCUT2D eigenvalue weighted by Gasteiger charge is 2.61. The molecule has 2 spiro atoms. The van der Waals surface area contributed by atoms with Crippen LogP contribution in [0.2, 0.25) is 0 Å². The zero-order chi connectivity index (χ0) is 35.5. The summed E-state index contributed by atoms with van der Waals surface area (Å²) in [5, 5.41) is 0. The number of methoxy groups -OCH3 is 1. The van der Waals surface area contributed by atoms with Crippen molar-refractivity contribution in [1.82, 2.24) is 0 Å². The third-order valence-electron chi connectivity index (χ3n) is 13.1. The first-order valence-corrected chi connectivity index (χ1v) is 18.7. The van der Waals surface area contributed by atoms with Crippen molar-refractivity contribution in [3.05, 3.63) is 12.2 Å². The number of esters is 1. The number of carbonyl (C=O) groups is 2. The molecule has 0 aromatic carbocycles. The number of hydrogen-bond acceptors (Lipinski definition) is 10. The number of carbonyl (C=O) groups excluding carboxylic acids is 2. The van der Waals surface area contributed by atoms with Crippen LogP contribution in [0.3, 0.4) is 0 Å². The van der Waals surface area contributed by atoms with Crippen molar-refractivity contribution in [3.63, 3.8) is 0 Å². The first-order valence-electron chi connectivity index (χ1n) is 18.7. The molecule has 6 heterocycles. The van der Waals surface area contributed by atoms with E-state index in [-0.39, 0.29) is 79.3 Å². The summed E-state index contributed by atoms with van der Waals surface area (Å²) in [4.78, 5) is 23.4. The summed E-state index contributed by atoms with van der Waals surface area (Å²) in [5.74, 6) is -2.72. The number of rotatable bonds is 9. The average molecular weight is 695 g/mol. The van der Waals surface area contributed by atoms with Crippen molar-refractivity contribution in [2.45, 2.75) is 160 Å². The van der Waals surface area contributed by atoms with Gasteiger partial charge in [0.05, 0.1) is 53.7 Å². The molecule has 0 amide bonds. The van der Waals surface area contributed by atoms with Gasteiger partial charge in [0.15, 0.2) is 5.79 Å². The van der Waals surface area contributed by atoms with Crippen molar-refractivity contribution >= 4 is 12.0 Å². The molecule has 49 heavy (non-hydrogen) atoms. The van der Waals surface area contributed by atoms with Crippen LogP contribution < -0.4 is 0 Å². The Morgan fingerprint density at radius 2 is 1.82 bits per heavy atom. The Balaban J connectivity index is 1.13. The minimum absolute atomic E-state index is 0.0358. The van der Waals surface area contributed by atoms with Crippen LogP contribution in [-0.4, -0.2) is 91.7 Å². The fourth-order valence-electron chi connectivity index (χ4n) is 10.1. The van der Waals surface area contributed by atoms with Gasteiger partial charge in [-0.05, 0) is 63.4 Å². The van der Waals surface area contributed by atoms with Gasteiger partial charge < -0.3 is 37.9 Å². The summed E-state index contributed by atoms with van der Waals surface area (Å²) >= 11 is 0. The van der Waals surface area contributed by atoms with Crippen molar-refractivity contribution < 1.29 is 51.9 Å². The van der Waals surface area contributed by atoms with Gasteiger partial charge in [0.2, 0.25) is 5.79 Å². The Kier molecular flexibility index (Phi) is 10.5. The van der Waals surface area contributed by atoms with E-state index in [1.807, 2.05) is 13.0 Å². The summed E-state index contributed by atoms with van der Waals surface area (Å²) in [6, 6.07) is -1.38. The Labute approximate surface area is 291 Å². The van der Waals surface area contributed by atoms with E-state index in [9.17, 15) is 14.0 Å². The molecule has 0 aromatic rings. The van der Waals surface area contributed by atoms with Gasteiger partial charge in [-0.1, -0.05) is 54.5 Å². The lowest BCUT2D eigenvalue weighted by Crippen LogP contribution is -2.60. The lowest BCUT2D eigenvalue weighted by atomic mass is 9.80. The maximum Gasteiger partial charge on any atom is 0.332 e. The molecule has 11 heteroatoms. The summed E-state index contributed by atoms with van der Waals surface area (Å²) in [5.41, 5.74) is -1.05. The van der Waals surface area contributed by atoms with Crippen LogP contribution in [0.15, 0.2) is 12.2 Å². The lowest BCUT2D eigenvalue weighted by Gasteiger charge is -2.50. The highest BCUT2D eigenvalue weighted by Crippen LogP contribution is 2.54. The maximum absolute atomic E-state index is 13.7. The smallest absolute Gasteiger partial charge is 0.332 e. The molecule has 6 rings (SSSR count). The quantitative estimate of drug-likeness (QED) is 0.160. The van der Waals surface area contributed by atoms with E-state index >= 15 is 0 Å². The fraction of sp³-hybridized carbons (Fsp3) is 0.895. The zero-order valence-electron chi connectivity index (χ0n) is 30.9. The average Bonchev–Trinajstić information content (AvgIpc) is 3.78. The summed E-state index contributed by atoms with van der Waals surface area (Å²) in [6.07, 6.45) is 8.33. The van der Waals surface area contributed by atoms with Gasteiger partial charge in [-0.25, -0.2) is 4.79 Å². The minimum Gasteiger partial charge on any atom is -0.458 e. The van der Waals surface area contributed by atoms with E-state index in [2.05, 4.69) is 47.6 Å². The van der Waals surface area contributed by atoms with Gasteiger partial charge in [-0.2, -0.15) is 4.39 Å². The van der Waals surface area contributed by atoms with Crippen LogP contribution in [0.4, 0.5) is 4.39 Å². The molecular formula is C38H59FO10. The zero-order valence-corrected chi connectivity index (χ0v) is 30.9. The Bertz CT molecular complexity index is 1250. The third-order valence-corrected chi connectivity index (χ3v) is 13.1. The summed E-state index contributed by atoms with van der Waals surface area (Å²) in [7, 11) is 1.51. The molecule has 5 saturated heterocycles. The minimum atomic E-state index is -1.38. The first kappa shape index (κ1) is 37.3. The molecule has 10 nitrogen and oxygen atoms in total. The maximum atomic E-state index is 13.7. The first-order chi connectivity index (χ1) is 23.1. The van der Waals surface area contributed by atoms with Gasteiger partial charge in [0, 0.05) is 31.3 Å². The van der Waals surface area contributed by atoms with Crippen LogP contribution in [-0.2, 0) is 47.5 Å². The van der Waals surface area contributed by atoms with E-state index < -0.39 is 40.8 Å². The normalized spacial score (nSPS) is 48.9. The molecule has 278 valence electrons. The molecule has 0 radical (unpaired) electrons. The fourth-order valence-corrected chi connectivity index (χ4v) is 10.1. The molecule has 6 aliphatic rings. The topological polar surface area (TPSA) is 108 Å². The molecule has 0 aliphatic carbocycles. The second-order valence-electron chi connectivity index (χ2n) is 16.5. The molecule has 16 atom stereocenters. The van der Waals surface area contributed by atoms with E-state index in [1.165, 1.54) is 7.11 Å². The van der Waals surface area contributed by atoms with E-state index in [1.54, 1.807) is 6.92 Å². The van der Waals surface area contributed by atoms with Crippen LogP contribution in [0.25, 0.3) is 0 Å². The van der Waals surface area contributed by atoms with Gasteiger partial charge in [0.1, 0.15) is 13.2 Å². The standard InChI is InChI=1S/C38H59FO10/c1-10-36(33-23(4)18-27(45-33)31-22(3)17-24(5)38(48-31)20-43-29(40)19-44-38)13-12-28(46-36)35(8)15-16-37(49-35)14-11-21(2)30(47-37)25(6)32(42-9)26(7)34(39)41/h11,14,21-28,30-33H,10,12-13,15-20H2,1-9H3. The van der Waals surface area contributed by atoms with Gasteiger partial charge >= 0.3 is 12.0 Å². The van der Waals surface area contributed by atoms with E-state index in [0.717, 1.165) is 38.5 Å². The second kappa shape index (κ2) is 13.8. The molecule has 5 fully saturated rings. The molecule has 6 aliphatic heterocycles. The number of ether oxygens (including phenoxy) is 8. The number of cyclic esters (lactones) is 1. The predicted octanol–water partition coefficient (Wildman–Crippen LogP) is 6.08. The highest BCUT2D eigenvalue weighted by atomic mass is 19.1. The lowest BCUT2D eigenvalue weighted by molar-refractivity contribution is -0.352. The number of hydrogen-bond donors (Lipinski definition) is 0. The third kappa shape index (κ3) is 6.68. The number of halogens is 1. The van der Waals surface area contributed by atoms with Crippen molar-refractivity contribution in [1.29, 1.82) is 0 Å².